The second-order valence-electron chi connectivity index (χ2n) is 2.05. The summed E-state index contributed by atoms with van der Waals surface area (Å²) in [5.74, 6) is -3.32. The van der Waals surface area contributed by atoms with Crippen molar-refractivity contribution in [3.8, 4) is 0 Å². The molecule has 0 amide bonds. The van der Waals surface area contributed by atoms with Gasteiger partial charge in [0.2, 0.25) is 0 Å². The second-order valence-corrected chi connectivity index (χ2v) is 3.79. The SMILES string of the molecule is CCCCNS(=O)(=O)C(F)F. The third kappa shape index (κ3) is 4.26. The van der Waals surface area contributed by atoms with Crippen LogP contribution in [0, 0.1) is 0 Å². The van der Waals surface area contributed by atoms with E-state index in [-0.39, 0.29) is 6.54 Å². The highest BCUT2D eigenvalue weighted by molar-refractivity contribution is 7.89. The van der Waals surface area contributed by atoms with Crippen LogP contribution in [0.4, 0.5) is 8.78 Å². The molecule has 0 aromatic heterocycles. The quantitative estimate of drug-likeness (QED) is 0.651. The van der Waals surface area contributed by atoms with Gasteiger partial charge in [-0.2, -0.15) is 8.78 Å². The Morgan fingerprint density at radius 3 is 2.36 bits per heavy atom. The van der Waals surface area contributed by atoms with E-state index in [0.29, 0.717) is 6.42 Å². The molecule has 0 heterocycles. The predicted molar refractivity (Wildman–Crippen MR) is 37.8 cm³/mol. The van der Waals surface area contributed by atoms with Crippen LogP contribution in [0.5, 0.6) is 0 Å². The van der Waals surface area contributed by atoms with Crippen LogP contribution in [0.25, 0.3) is 0 Å². The van der Waals surface area contributed by atoms with Crippen molar-refractivity contribution in [2.24, 2.45) is 0 Å². The molecule has 0 bridgehead atoms. The maximum Gasteiger partial charge on any atom is 0.350 e. The van der Waals surface area contributed by atoms with Crippen LogP contribution < -0.4 is 4.72 Å². The minimum Gasteiger partial charge on any atom is -0.210 e. The Hall–Kier alpha value is -0.230. The van der Waals surface area contributed by atoms with Gasteiger partial charge in [0, 0.05) is 6.54 Å². The third-order valence-corrected chi connectivity index (χ3v) is 2.14. The molecule has 1 N–H and O–H groups in total. The molecular formula is C5H11F2NO2S. The van der Waals surface area contributed by atoms with Gasteiger partial charge in [0.1, 0.15) is 0 Å². The Morgan fingerprint density at radius 1 is 1.45 bits per heavy atom. The first-order chi connectivity index (χ1) is 5.00. The zero-order valence-corrected chi connectivity index (χ0v) is 7.00. The number of rotatable bonds is 5. The van der Waals surface area contributed by atoms with Gasteiger partial charge in [-0.25, -0.2) is 13.1 Å². The van der Waals surface area contributed by atoms with E-state index in [1.807, 2.05) is 6.92 Å². The molecule has 0 saturated carbocycles. The molecule has 6 heteroatoms. The molecule has 0 aliphatic rings. The Balaban J connectivity index is 3.75. The van der Waals surface area contributed by atoms with Crippen LogP contribution in [-0.4, -0.2) is 20.7 Å². The van der Waals surface area contributed by atoms with Gasteiger partial charge in [0.15, 0.2) is 0 Å². The average molecular weight is 187 g/mol. The zero-order chi connectivity index (χ0) is 8.91. The second kappa shape index (κ2) is 4.61. The van der Waals surface area contributed by atoms with Crippen molar-refractivity contribution >= 4 is 10.0 Å². The fourth-order valence-electron chi connectivity index (χ4n) is 0.454. The summed E-state index contributed by atoms with van der Waals surface area (Å²) >= 11 is 0. The summed E-state index contributed by atoms with van der Waals surface area (Å²) < 4.78 is 45.6. The van der Waals surface area contributed by atoms with Gasteiger partial charge in [-0.1, -0.05) is 13.3 Å². The topological polar surface area (TPSA) is 46.2 Å². The lowest BCUT2D eigenvalue weighted by Crippen LogP contribution is -2.30. The van der Waals surface area contributed by atoms with E-state index in [1.165, 1.54) is 0 Å². The van der Waals surface area contributed by atoms with Crippen LogP contribution in [0.1, 0.15) is 19.8 Å². The summed E-state index contributed by atoms with van der Waals surface area (Å²) in [5, 5.41) is 0. The summed E-state index contributed by atoms with van der Waals surface area (Å²) in [6.45, 7) is 1.93. The highest BCUT2D eigenvalue weighted by atomic mass is 32.2. The van der Waals surface area contributed by atoms with Crippen molar-refractivity contribution in [2.75, 3.05) is 6.54 Å². The van der Waals surface area contributed by atoms with Crippen molar-refractivity contribution in [3.63, 3.8) is 0 Å². The van der Waals surface area contributed by atoms with E-state index >= 15 is 0 Å². The fourth-order valence-corrected chi connectivity index (χ4v) is 1.01. The van der Waals surface area contributed by atoms with Crippen molar-refractivity contribution in [2.45, 2.75) is 25.5 Å². The molecule has 3 nitrogen and oxygen atoms in total. The molecule has 68 valence electrons. The van der Waals surface area contributed by atoms with E-state index < -0.39 is 15.8 Å². The average Bonchev–Trinajstić information content (AvgIpc) is 1.88. The number of sulfonamides is 1. The van der Waals surface area contributed by atoms with Gasteiger partial charge in [0.25, 0.3) is 10.0 Å². The monoisotopic (exact) mass is 187 g/mol. The minimum atomic E-state index is -4.35. The highest BCUT2D eigenvalue weighted by Crippen LogP contribution is 2.01. The number of hydrogen-bond donors (Lipinski definition) is 1. The Labute approximate surface area is 64.8 Å². The van der Waals surface area contributed by atoms with Crippen LogP contribution in [0.2, 0.25) is 0 Å². The normalized spacial score (nSPS) is 12.4. The van der Waals surface area contributed by atoms with Gasteiger partial charge in [-0.15, -0.1) is 0 Å². The fraction of sp³-hybridized carbons (Fsp3) is 1.00. The summed E-state index contributed by atoms with van der Waals surface area (Å²) in [6, 6.07) is 0. The number of unbranched alkanes of at least 4 members (excludes halogenated alkanes) is 1. The first-order valence-corrected chi connectivity index (χ1v) is 4.82. The van der Waals surface area contributed by atoms with Gasteiger partial charge in [-0.3, -0.25) is 0 Å². The molecule has 0 rings (SSSR count). The molecule has 0 unspecified atom stereocenters. The van der Waals surface area contributed by atoms with Crippen molar-refractivity contribution in [3.05, 3.63) is 0 Å². The maximum atomic E-state index is 11.6. The van der Waals surface area contributed by atoms with E-state index in [4.69, 9.17) is 0 Å². The Bertz CT molecular complexity index is 191. The van der Waals surface area contributed by atoms with Gasteiger partial charge >= 0.3 is 5.76 Å². The van der Waals surface area contributed by atoms with E-state index in [0.717, 1.165) is 6.42 Å². The van der Waals surface area contributed by atoms with Crippen LogP contribution in [-0.2, 0) is 10.0 Å². The molecule has 0 aliphatic heterocycles. The van der Waals surface area contributed by atoms with E-state index in [1.54, 1.807) is 4.72 Å². The molecule has 0 aromatic carbocycles. The lowest BCUT2D eigenvalue weighted by Gasteiger charge is -2.02. The van der Waals surface area contributed by atoms with Gasteiger partial charge in [-0.05, 0) is 6.42 Å². The highest BCUT2D eigenvalue weighted by Gasteiger charge is 2.22. The number of nitrogens with one attached hydrogen (secondary N) is 1. The van der Waals surface area contributed by atoms with Crippen molar-refractivity contribution in [1.82, 2.24) is 4.72 Å². The summed E-state index contributed by atoms with van der Waals surface area (Å²) in [4.78, 5) is 0. The molecule has 0 aromatic rings. The standard InChI is InChI=1S/C5H11F2NO2S/c1-2-3-4-8-11(9,10)5(6)7/h5,8H,2-4H2,1H3. The van der Waals surface area contributed by atoms with Crippen molar-refractivity contribution < 1.29 is 17.2 Å². The lowest BCUT2D eigenvalue weighted by molar-refractivity contribution is 0.232. The molecule has 0 aliphatic carbocycles. The third-order valence-electron chi connectivity index (χ3n) is 1.07. The number of halogens is 2. The minimum absolute atomic E-state index is 0.0865. The lowest BCUT2D eigenvalue weighted by atomic mass is 10.3. The zero-order valence-electron chi connectivity index (χ0n) is 6.18. The molecule has 11 heavy (non-hydrogen) atoms. The molecule has 0 saturated heterocycles. The van der Waals surface area contributed by atoms with Crippen LogP contribution in [0.3, 0.4) is 0 Å². The van der Waals surface area contributed by atoms with E-state index in [9.17, 15) is 17.2 Å². The first kappa shape index (κ1) is 10.8. The van der Waals surface area contributed by atoms with E-state index in [2.05, 4.69) is 0 Å². The maximum absolute atomic E-state index is 11.6. The summed E-state index contributed by atoms with van der Waals surface area (Å²) in [6.07, 6.45) is 1.34. The Kier molecular flexibility index (Phi) is 4.51. The molecular weight excluding hydrogens is 176 g/mol. The smallest absolute Gasteiger partial charge is 0.210 e. The Morgan fingerprint density at radius 2 is 2.00 bits per heavy atom. The van der Waals surface area contributed by atoms with Crippen molar-refractivity contribution in [1.29, 1.82) is 0 Å². The van der Waals surface area contributed by atoms with Crippen LogP contribution >= 0.6 is 0 Å². The largest absolute Gasteiger partial charge is 0.350 e. The first-order valence-electron chi connectivity index (χ1n) is 3.27. The number of hydrogen-bond acceptors (Lipinski definition) is 2. The molecule has 0 fully saturated rings. The molecule has 0 spiro atoms. The van der Waals surface area contributed by atoms with Crippen LogP contribution in [0.15, 0.2) is 0 Å². The van der Waals surface area contributed by atoms with Gasteiger partial charge in [0.05, 0.1) is 0 Å². The number of alkyl halides is 2. The van der Waals surface area contributed by atoms with Gasteiger partial charge < -0.3 is 0 Å². The summed E-state index contributed by atoms with van der Waals surface area (Å²) in [5.41, 5.74) is 0. The summed E-state index contributed by atoms with van der Waals surface area (Å²) in [7, 11) is -4.35. The predicted octanol–water partition coefficient (Wildman–Crippen LogP) is 0.929. The molecule has 0 radical (unpaired) electrons. The molecule has 0 atom stereocenters.